The van der Waals surface area contributed by atoms with Gasteiger partial charge in [0.25, 0.3) is 0 Å². The maximum absolute atomic E-state index is 10.3. The monoisotopic (exact) mass is 416 g/mol. The highest BCUT2D eigenvalue weighted by molar-refractivity contribution is 9.10. The van der Waals surface area contributed by atoms with Gasteiger partial charge in [0, 0.05) is 20.9 Å². The van der Waals surface area contributed by atoms with Crippen LogP contribution in [0.3, 0.4) is 0 Å². The number of hydrogen-bond donors (Lipinski definition) is 1. The van der Waals surface area contributed by atoms with Crippen LogP contribution in [0.25, 0.3) is 0 Å². The van der Waals surface area contributed by atoms with E-state index in [1.165, 1.54) is 0 Å². The van der Waals surface area contributed by atoms with Crippen LogP contribution in [-0.4, -0.2) is 5.11 Å². The predicted molar refractivity (Wildman–Crippen MR) is 86.2 cm³/mol. The summed E-state index contributed by atoms with van der Waals surface area (Å²) in [5, 5.41) is 10.9. The molecule has 2 aromatic carbocycles. The topological polar surface area (TPSA) is 29.5 Å². The molecule has 1 N–H and O–H groups in total. The van der Waals surface area contributed by atoms with Crippen LogP contribution in [0, 0.1) is 0 Å². The maximum Gasteiger partial charge on any atom is 0.127 e. The number of halogens is 3. The Bertz CT molecular complexity index is 660. The van der Waals surface area contributed by atoms with Gasteiger partial charge < -0.3 is 9.84 Å². The molecule has 0 fully saturated rings. The molecule has 2 aromatic rings. The van der Waals surface area contributed by atoms with Gasteiger partial charge in [-0.3, -0.25) is 0 Å². The molecule has 0 saturated carbocycles. The summed E-state index contributed by atoms with van der Waals surface area (Å²) in [5.41, 5.74) is 1.79. The Morgan fingerprint density at radius 1 is 1.15 bits per heavy atom. The second-order valence-electron chi connectivity index (χ2n) is 4.71. The molecule has 3 rings (SSSR count). The fraction of sp³-hybridized carbons (Fsp3) is 0.200. The average molecular weight is 419 g/mol. The maximum atomic E-state index is 10.3. The Morgan fingerprint density at radius 3 is 2.70 bits per heavy atom. The highest BCUT2D eigenvalue weighted by Gasteiger charge is 2.28. The lowest BCUT2D eigenvalue weighted by Crippen LogP contribution is -2.19. The molecule has 0 bridgehead atoms. The Balaban J connectivity index is 1.96. The van der Waals surface area contributed by atoms with Crippen molar-refractivity contribution in [3.8, 4) is 5.75 Å². The van der Waals surface area contributed by atoms with E-state index in [9.17, 15) is 5.11 Å². The molecule has 2 atom stereocenters. The van der Waals surface area contributed by atoms with E-state index >= 15 is 0 Å². The van der Waals surface area contributed by atoms with Crippen LogP contribution in [-0.2, 0) is 0 Å². The van der Waals surface area contributed by atoms with E-state index in [1.807, 2.05) is 36.4 Å². The van der Waals surface area contributed by atoms with Crippen molar-refractivity contribution >= 4 is 43.5 Å². The molecule has 0 radical (unpaired) electrons. The summed E-state index contributed by atoms with van der Waals surface area (Å²) in [6, 6.07) is 11.4. The van der Waals surface area contributed by atoms with Crippen molar-refractivity contribution in [2.24, 2.45) is 0 Å². The van der Waals surface area contributed by atoms with Crippen molar-refractivity contribution in [3.05, 3.63) is 61.5 Å². The molecule has 0 saturated heterocycles. The number of benzene rings is 2. The largest absolute Gasteiger partial charge is 0.485 e. The minimum absolute atomic E-state index is 0.197. The SMILES string of the molecule is O[C@H]1CC(c2ccc(Br)c(Cl)c2)Oc2cc(Br)ccc21. The highest BCUT2D eigenvalue weighted by atomic mass is 79.9. The summed E-state index contributed by atoms with van der Waals surface area (Å²) < 4.78 is 7.78. The van der Waals surface area contributed by atoms with E-state index in [-0.39, 0.29) is 6.10 Å². The van der Waals surface area contributed by atoms with E-state index in [0.717, 1.165) is 20.1 Å². The quantitative estimate of drug-likeness (QED) is 0.670. The van der Waals surface area contributed by atoms with Crippen LogP contribution >= 0.6 is 43.5 Å². The molecular weight excluding hydrogens is 407 g/mol. The van der Waals surface area contributed by atoms with Crippen molar-refractivity contribution in [1.29, 1.82) is 0 Å². The summed E-state index contributed by atoms with van der Waals surface area (Å²) in [6.45, 7) is 0. The van der Waals surface area contributed by atoms with Crippen LogP contribution in [0.4, 0.5) is 0 Å². The molecule has 2 nitrogen and oxygen atoms in total. The second kappa shape index (κ2) is 5.68. The minimum Gasteiger partial charge on any atom is -0.485 e. The lowest BCUT2D eigenvalue weighted by atomic mass is 9.95. The van der Waals surface area contributed by atoms with Crippen LogP contribution < -0.4 is 4.74 Å². The molecule has 1 unspecified atom stereocenters. The Labute approximate surface area is 139 Å². The van der Waals surface area contributed by atoms with Gasteiger partial charge in [-0.25, -0.2) is 0 Å². The average Bonchev–Trinajstić information content (AvgIpc) is 2.41. The standard InChI is InChI=1S/C15H11Br2ClO2/c16-9-2-3-10-13(19)7-14(20-15(10)6-9)8-1-4-11(17)12(18)5-8/h1-6,13-14,19H,7H2/t13-,14?/m0/s1. The normalized spacial score (nSPS) is 21.2. The summed E-state index contributed by atoms with van der Waals surface area (Å²) in [4.78, 5) is 0. The zero-order valence-electron chi connectivity index (χ0n) is 10.3. The van der Waals surface area contributed by atoms with Gasteiger partial charge in [0.1, 0.15) is 11.9 Å². The second-order valence-corrected chi connectivity index (χ2v) is 6.89. The first-order valence-electron chi connectivity index (χ1n) is 6.13. The number of rotatable bonds is 1. The van der Waals surface area contributed by atoms with Crippen molar-refractivity contribution in [1.82, 2.24) is 0 Å². The van der Waals surface area contributed by atoms with Gasteiger partial charge in [-0.05, 0) is 45.8 Å². The molecule has 0 aromatic heterocycles. The van der Waals surface area contributed by atoms with E-state index in [4.69, 9.17) is 16.3 Å². The Morgan fingerprint density at radius 2 is 1.95 bits per heavy atom. The number of aliphatic hydroxyl groups is 1. The van der Waals surface area contributed by atoms with Crippen LogP contribution in [0.1, 0.15) is 29.8 Å². The molecule has 0 aliphatic carbocycles. The van der Waals surface area contributed by atoms with Gasteiger partial charge in [-0.2, -0.15) is 0 Å². The Kier molecular flexibility index (Phi) is 4.09. The van der Waals surface area contributed by atoms with Crippen LogP contribution in [0.5, 0.6) is 5.75 Å². The molecule has 104 valence electrons. The third kappa shape index (κ3) is 2.75. The molecule has 20 heavy (non-hydrogen) atoms. The van der Waals surface area contributed by atoms with Gasteiger partial charge in [-0.15, -0.1) is 0 Å². The molecule has 1 aliphatic heterocycles. The summed E-state index contributed by atoms with van der Waals surface area (Å²) in [5.74, 6) is 0.710. The third-order valence-electron chi connectivity index (χ3n) is 3.36. The van der Waals surface area contributed by atoms with E-state index in [1.54, 1.807) is 0 Å². The first-order valence-corrected chi connectivity index (χ1v) is 8.10. The van der Waals surface area contributed by atoms with Gasteiger partial charge in [0.2, 0.25) is 0 Å². The first kappa shape index (κ1) is 14.4. The van der Waals surface area contributed by atoms with E-state index < -0.39 is 6.10 Å². The molecule has 1 heterocycles. The Hall–Kier alpha value is -0.550. The first-order chi connectivity index (χ1) is 9.54. The third-order valence-corrected chi connectivity index (χ3v) is 5.08. The van der Waals surface area contributed by atoms with Crippen LogP contribution in [0.2, 0.25) is 5.02 Å². The van der Waals surface area contributed by atoms with E-state index in [2.05, 4.69) is 31.9 Å². The number of aliphatic hydroxyl groups excluding tert-OH is 1. The van der Waals surface area contributed by atoms with Crippen molar-refractivity contribution < 1.29 is 9.84 Å². The van der Waals surface area contributed by atoms with Gasteiger partial charge in [-0.1, -0.05) is 39.7 Å². The zero-order valence-corrected chi connectivity index (χ0v) is 14.2. The lowest BCUT2D eigenvalue weighted by Gasteiger charge is -2.30. The number of hydrogen-bond acceptors (Lipinski definition) is 2. The van der Waals surface area contributed by atoms with Gasteiger partial charge >= 0.3 is 0 Å². The molecule has 1 aliphatic rings. The highest BCUT2D eigenvalue weighted by Crippen LogP contribution is 2.42. The van der Waals surface area contributed by atoms with Crippen molar-refractivity contribution in [3.63, 3.8) is 0 Å². The number of ether oxygens (including phenoxy) is 1. The zero-order chi connectivity index (χ0) is 14.3. The predicted octanol–water partition coefficient (Wildman–Crippen LogP) is 5.42. The molecule has 5 heteroatoms. The van der Waals surface area contributed by atoms with Gasteiger partial charge in [0.15, 0.2) is 0 Å². The molecule has 0 spiro atoms. The van der Waals surface area contributed by atoms with Gasteiger partial charge in [0.05, 0.1) is 11.1 Å². The fourth-order valence-electron chi connectivity index (χ4n) is 2.33. The smallest absolute Gasteiger partial charge is 0.127 e. The summed E-state index contributed by atoms with van der Waals surface area (Å²) >= 11 is 12.9. The molecular formula is C15H11Br2ClO2. The van der Waals surface area contributed by atoms with E-state index in [0.29, 0.717) is 17.2 Å². The summed E-state index contributed by atoms with van der Waals surface area (Å²) in [6.07, 6.45) is -0.205. The minimum atomic E-state index is -0.528. The van der Waals surface area contributed by atoms with Crippen molar-refractivity contribution in [2.75, 3.05) is 0 Å². The number of fused-ring (bicyclic) bond motifs is 1. The summed E-state index contributed by atoms with van der Waals surface area (Å²) in [7, 11) is 0. The lowest BCUT2D eigenvalue weighted by molar-refractivity contribution is 0.0657. The van der Waals surface area contributed by atoms with Crippen LogP contribution in [0.15, 0.2) is 45.3 Å². The fourth-order valence-corrected chi connectivity index (χ4v) is 3.11. The molecule has 0 amide bonds. The van der Waals surface area contributed by atoms with Crippen molar-refractivity contribution in [2.45, 2.75) is 18.6 Å².